The molecule has 2 amide bonds. The Morgan fingerprint density at radius 1 is 1.02 bits per heavy atom. The Hall–Kier alpha value is -3.89. The predicted octanol–water partition coefficient (Wildman–Crippen LogP) is 3.78. The summed E-state index contributed by atoms with van der Waals surface area (Å²) in [6.07, 6.45) is 1.74. The zero-order valence-electron chi connectivity index (χ0n) is 23.3. The molecule has 1 aromatic heterocycles. The van der Waals surface area contributed by atoms with Crippen LogP contribution < -0.4 is 14.4 Å². The number of aromatic nitrogens is 2. The molecule has 2 aliphatic heterocycles. The SMILES string of the molecule is COc1ccc(-c2ccc(N3CCN(C(=O)CN(CC4CCCO4)C(=O)c4ccccc4Cl)CC3)nn2)c(OC)c1. The summed E-state index contributed by atoms with van der Waals surface area (Å²) in [6.45, 7) is 3.25. The van der Waals surface area contributed by atoms with E-state index in [4.69, 9.17) is 25.8 Å². The quantitative estimate of drug-likeness (QED) is 0.378. The number of hydrogen-bond donors (Lipinski definition) is 0. The van der Waals surface area contributed by atoms with Crippen LogP contribution in [0.3, 0.4) is 0 Å². The van der Waals surface area contributed by atoms with Crippen LogP contribution in [-0.2, 0) is 9.53 Å². The second kappa shape index (κ2) is 13.2. The number of rotatable bonds is 9. The Kier molecular flexibility index (Phi) is 9.21. The molecule has 0 radical (unpaired) electrons. The van der Waals surface area contributed by atoms with Crippen LogP contribution >= 0.6 is 11.6 Å². The van der Waals surface area contributed by atoms with E-state index in [-0.39, 0.29) is 24.5 Å². The van der Waals surface area contributed by atoms with E-state index in [9.17, 15) is 9.59 Å². The van der Waals surface area contributed by atoms with Crippen LogP contribution in [0.25, 0.3) is 11.3 Å². The Labute approximate surface area is 244 Å². The van der Waals surface area contributed by atoms with Crippen molar-refractivity contribution in [1.29, 1.82) is 0 Å². The van der Waals surface area contributed by atoms with Crippen LogP contribution in [0.2, 0.25) is 5.02 Å². The Balaban J connectivity index is 1.21. The second-order valence-electron chi connectivity index (χ2n) is 10.0. The summed E-state index contributed by atoms with van der Waals surface area (Å²) in [5.41, 5.74) is 1.90. The van der Waals surface area contributed by atoms with E-state index >= 15 is 0 Å². The number of carbonyl (C=O) groups excluding carboxylic acids is 2. The lowest BCUT2D eigenvalue weighted by Gasteiger charge is -2.36. The molecule has 0 bridgehead atoms. The van der Waals surface area contributed by atoms with Gasteiger partial charge in [0.2, 0.25) is 5.91 Å². The standard InChI is InChI=1S/C30H34ClN5O5/c1-39-21-9-10-24(27(18-21)40-2)26-11-12-28(33-32-26)34-13-15-35(16-14-34)29(37)20-36(19-22-6-5-17-41-22)30(38)23-7-3-4-8-25(23)31/h3-4,7-12,18,22H,5-6,13-17,19-20H2,1-2H3. The fraction of sp³-hybridized carbons (Fsp3) is 0.400. The van der Waals surface area contributed by atoms with Crippen molar-refractivity contribution in [3.8, 4) is 22.8 Å². The molecule has 0 aliphatic carbocycles. The summed E-state index contributed by atoms with van der Waals surface area (Å²) in [7, 11) is 3.22. The van der Waals surface area contributed by atoms with Gasteiger partial charge in [0.05, 0.1) is 36.6 Å². The summed E-state index contributed by atoms with van der Waals surface area (Å²) >= 11 is 6.31. The average Bonchev–Trinajstić information content (AvgIpc) is 3.53. The molecule has 5 rings (SSSR count). The van der Waals surface area contributed by atoms with Crippen molar-refractivity contribution >= 4 is 29.2 Å². The molecule has 216 valence electrons. The van der Waals surface area contributed by atoms with Gasteiger partial charge in [-0.3, -0.25) is 9.59 Å². The van der Waals surface area contributed by atoms with Gasteiger partial charge in [-0.2, -0.15) is 0 Å². The minimum absolute atomic E-state index is 0.0257. The molecule has 1 atom stereocenters. The van der Waals surface area contributed by atoms with Crippen LogP contribution in [0.1, 0.15) is 23.2 Å². The van der Waals surface area contributed by atoms with Gasteiger partial charge < -0.3 is 28.9 Å². The van der Waals surface area contributed by atoms with Crippen molar-refractivity contribution < 1.29 is 23.8 Å². The first kappa shape index (κ1) is 28.6. The smallest absolute Gasteiger partial charge is 0.255 e. The van der Waals surface area contributed by atoms with Gasteiger partial charge in [0.1, 0.15) is 18.0 Å². The van der Waals surface area contributed by atoms with Crippen molar-refractivity contribution in [3.63, 3.8) is 0 Å². The van der Waals surface area contributed by atoms with Crippen LogP contribution in [0.4, 0.5) is 5.82 Å². The highest BCUT2D eigenvalue weighted by atomic mass is 35.5. The van der Waals surface area contributed by atoms with Gasteiger partial charge in [0, 0.05) is 51.0 Å². The Bertz CT molecular complexity index is 1360. The van der Waals surface area contributed by atoms with E-state index in [1.807, 2.05) is 30.3 Å². The molecule has 11 heteroatoms. The van der Waals surface area contributed by atoms with Gasteiger partial charge in [-0.05, 0) is 49.2 Å². The van der Waals surface area contributed by atoms with Gasteiger partial charge in [-0.25, -0.2) is 0 Å². The summed E-state index contributed by atoms with van der Waals surface area (Å²) in [4.78, 5) is 32.2. The van der Waals surface area contributed by atoms with Crippen molar-refractivity contribution in [2.45, 2.75) is 18.9 Å². The van der Waals surface area contributed by atoms with Crippen LogP contribution in [0, 0.1) is 0 Å². The highest BCUT2D eigenvalue weighted by molar-refractivity contribution is 6.33. The highest BCUT2D eigenvalue weighted by Crippen LogP contribution is 2.32. The number of methoxy groups -OCH3 is 2. The molecule has 3 aromatic rings. The summed E-state index contributed by atoms with van der Waals surface area (Å²) in [5.74, 6) is 1.73. The topological polar surface area (TPSA) is 97.3 Å². The van der Waals surface area contributed by atoms with Crippen molar-refractivity contribution in [3.05, 3.63) is 65.2 Å². The molecular formula is C30H34ClN5O5. The molecule has 2 fully saturated rings. The zero-order chi connectivity index (χ0) is 28.8. The van der Waals surface area contributed by atoms with E-state index in [0.717, 1.165) is 24.2 Å². The highest BCUT2D eigenvalue weighted by Gasteiger charge is 2.29. The van der Waals surface area contributed by atoms with E-state index in [2.05, 4.69) is 15.1 Å². The average molecular weight is 580 g/mol. The van der Waals surface area contributed by atoms with Crippen molar-refractivity contribution in [2.75, 3.05) is 65.0 Å². The zero-order valence-corrected chi connectivity index (χ0v) is 24.0. The molecule has 2 saturated heterocycles. The number of carbonyl (C=O) groups is 2. The lowest BCUT2D eigenvalue weighted by atomic mass is 10.1. The number of anilines is 1. The lowest BCUT2D eigenvalue weighted by molar-refractivity contribution is -0.132. The number of amides is 2. The van der Waals surface area contributed by atoms with Gasteiger partial charge >= 0.3 is 0 Å². The predicted molar refractivity (Wildman–Crippen MR) is 156 cm³/mol. The fourth-order valence-electron chi connectivity index (χ4n) is 5.15. The van der Waals surface area contributed by atoms with Crippen LogP contribution in [0.5, 0.6) is 11.5 Å². The maximum atomic E-state index is 13.4. The fourth-order valence-corrected chi connectivity index (χ4v) is 5.37. The van der Waals surface area contributed by atoms with Gasteiger partial charge in [-0.15, -0.1) is 10.2 Å². The number of piperazine rings is 1. The van der Waals surface area contributed by atoms with E-state index in [0.29, 0.717) is 67.1 Å². The second-order valence-corrected chi connectivity index (χ2v) is 10.4. The maximum absolute atomic E-state index is 13.4. The number of benzene rings is 2. The van der Waals surface area contributed by atoms with Crippen molar-refractivity contribution in [1.82, 2.24) is 20.0 Å². The first-order chi connectivity index (χ1) is 20.0. The Morgan fingerprint density at radius 3 is 2.49 bits per heavy atom. The van der Waals surface area contributed by atoms with Gasteiger partial charge in [0.15, 0.2) is 5.82 Å². The van der Waals surface area contributed by atoms with E-state index < -0.39 is 0 Å². The molecule has 3 heterocycles. The first-order valence-corrected chi connectivity index (χ1v) is 14.1. The summed E-state index contributed by atoms with van der Waals surface area (Å²) in [6, 6.07) is 16.3. The minimum Gasteiger partial charge on any atom is -0.497 e. The lowest BCUT2D eigenvalue weighted by Crippen LogP contribution is -2.52. The summed E-state index contributed by atoms with van der Waals surface area (Å²) < 4.78 is 16.5. The third-order valence-electron chi connectivity index (χ3n) is 7.46. The van der Waals surface area contributed by atoms with E-state index in [1.54, 1.807) is 48.3 Å². The first-order valence-electron chi connectivity index (χ1n) is 13.7. The minimum atomic E-state index is -0.262. The largest absolute Gasteiger partial charge is 0.497 e. The van der Waals surface area contributed by atoms with Gasteiger partial charge in [-0.1, -0.05) is 23.7 Å². The van der Waals surface area contributed by atoms with E-state index in [1.165, 1.54) is 0 Å². The number of nitrogens with zero attached hydrogens (tertiary/aromatic N) is 5. The molecule has 0 N–H and O–H groups in total. The molecule has 2 aliphatic rings. The van der Waals surface area contributed by atoms with Crippen molar-refractivity contribution in [2.24, 2.45) is 0 Å². The molecule has 0 saturated carbocycles. The molecular weight excluding hydrogens is 546 g/mol. The molecule has 10 nitrogen and oxygen atoms in total. The third-order valence-corrected chi connectivity index (χ3v) is 7.79. The molecule has 1 unspecified atom stereocenters. The third kappa shape index (κ3) is 6.71. The van der Waals surface area contributed by atoms with Gasteiger partial charge in [0.25, 0.3) is 5.91 Å². The monoisotopic (exact) mass is 579 g/mol. The molecule has 0 spiro atoms. The normalized spacial score (nSPS) is 16.9. The number of ether oxygens (including phenoxy) is 3. The summed E-state index contributed by atoms with van der Waals surface area (Å²) in [5, 5.41) is 9.24. The maximum Gasteiger partial charge on any atom is 0.255 e. The van der Waals surface area contributed by atoms with Crippen LogP contribution in [-0.4, -0.2) is 98.0 Å². The van der Waals surface area contributed by atoms with Crippen LogP contribution in [0.15, 0.2) is 54.6 Å². The number of hydrogen-bond acceptors (Lipinski definition) is 8. The Morgan fingerprint density at radius 2 is 1.83 bits per heavy atom. The number of halogens is 1. The molecule has 2 aromatic carbocycles. The molecule has 41 heavy (non-hydrogen) atoms.